The Kier molecular flexibility index (Phi) is 4.25. The van der Waals surface area contributed by atoms with Gasteiger partial charge in [0.25, 0.3) is 11.6 Å². The Morgan fingerprint density at radius 1 is 1.30 bits per heavy atom. The standard InChI is InChI=1S/C13H9F3N4O3/c1-7-4-5-17-12(18-7)19-11(21)9-3-2-8(13(14,15)16)6-10(9)20(22)23/h2-6H,1H3,(H,17,18,19,21). The molecule has 0 aliphatic heterocycles. The van der Waals surface area contributed by atoms with E-state index in [-0.39, 0.29) is 5.95 Å². The van der Waals surface area contributed by atoms with Crippen molar-refractivity contribution in [2.75, 3.05) is 5.32 Å². The fraction of sp³-hybridized carbons (Fsp3) is 0.154. The number of benzene rings is 1. The summed E-state index contributed by atoms with van der Waals surface area (Å²) < 4.78 is 37.8. The van der Waals surface area contributed by atoms with E-state index in [1.807, 2.05) is 0 Å². The molecular weight excluding hydrogens is 317 g/mol. The molecule has 2 rings (SSSR count). The molecule has 1 N–H and O–H groups in total. The summed E-state index contributed by atoms with van der Waals surface area (Å²) in [6.07, 6.45) is -3.39. The van der Waals surface area contributed by atoms with Crippen LogP contribution in [0.1, 0.15) is 21.6 Å². The zero-order chi connectivity index (χ0) is 17.2. The Labute approximate surface area is 127 Å². The number of carbonyl (C=O) groups is 1. The number of nitro groups is 1. The molecule has 0 aliphatic rings. The van der Waals surface area contributed by atoms with E-state index >= 15 is 0 Å². The lowest BCUT2D eigenvalue weighted by atomic mass is 10.1. The zero-order valence-corrected chi connectivity index (χ0v) is 11.6. The number of amides is 1. The van der Waals surface area contributed by atoms with Gasteiger partial charge in [-0.2, -0.15) is 13.2 Å². The number of carbonyl (C=O) groups excluding carboxylic acids is 1. The molecule has 23 heavy (non-hydrogen) atoms. The van der Waals surface area contributed by atoms with Crippen molar-refractivity contribution in [3.63, 3.8) is 0 Å². The number of nitrogens with zero attached hydrogens (tertiary/aromatic N) is 3. The Morgan fingerprint density at radius 2 is 2.00 bits per heavy atom. The summed E-state index contributed by atoms with van der Waals surface area (Å²) in [5, 5.41) is 13.1. The third-order valence-electron chi connectivity index (χ3n) is 2.79. The van der Waals surface area contributed by atoms with Crippen molar-refractivity contribution in [2.45, 2.75) is 13.1 Å². The van der Waals surface area contributed by atoms with E-state index in [1.54, 1.807) is 13.0 Å². The van der Waals surface area contributed by atoms with Gasteiger partial charge in [-0.05, 0) is 25.1 Å². The van der Waals surface area contributed by atoms with E-state index in [0.717, 1.165) is 6.07 Å². The molecule has 2 aromatic rings. The predicted molar refractivity (Wildman–Crippen MR) is 72.8 cm³/mol. The second-order valence-electron chi connectivity index (χ2n) is 4.46. The van der Waals surface area contributed by atoms with Gasteiger partial charge >= 0.3 is 6.18 Å². The number of alkyl halides is 3. The van der Waals surface area contributed by atoms with Gasteiger partial charge in [-0.25, -0.2) is 9.97 Å². The largest absolute Gasteiger partial charge is 0.416 e. The average molecular weight is 326 g/mol. The van der Waals surface area contributed by atoms with E-state index in [0.29, 0.717) is 17.8 Å². The molecule has 1 aromatic carbocycles. The number of nitrogens with one attached hydrogen (secondary N) is 1. The number of rotatable bonds is 3. The summed E-state index contributed by atoms with van der Waals surface area (Å²) in [6.45, 7) is 1.64. The first kappa shape index (κ1) is 16.3. The lowest BCUT2D eigenvalue weighted by Crippen LogP contribution is -2.17. The van der Waals surface area contributed by atoms with E-state index in [1.165, 1.54) is 6.20 Å². The molecule has 0 radical (unpaired) electrons. The number of hydrogen-bond donors (Lipinski definition) is 1. The van der Waals surface area contributed by atoms with Crippen LogP contribution in [-0.4, -0.2) is 20.8 Å². The van der Waals surface area contributed by atoms with Gasteiger partial charge in [0.1, 0.15) is 5.56 Å². The van der Waals surface area contributed by atoms with Gasteiger partial charge in [-0.3, -0.25) is 20.2 Å². The van der Waals surface area contributed by atoms with Crippen LogP contribution in [0.3, 0.4) is 0 Å². The molecule has 0 unspecified atom stereocenters. The summed E-state index contributed by atoms with van der Waals surface area (Å²) in [7, 11) is 0. The summed E-state index contributed by atoms with van der Waals surface area (Å²) in [5.41, 5.74) is -2.15. The fourth-order valence-electron chi connectivity index (χ4n) is 1.73. The van der Waals surface area contributed by atoms with E-state index < -0.39 is 33.8 Å². The quantitative estimate of drug-likeness (QED) is 0.690. The average Bonchev–Trinajstić information content (AvgIpc) is 2.45. The van der Waals surface area contributed by atoms with Gasteiger partial charge in [0.15, 0.2) is 0 Å². The molecule has 0 spiro atoms. The first-order chi connectivity index (χ1) is 10.7. The van der Waals surface area contributed by atoms with E-state index in [9.17, 15) is 28.1 Å². The Hall–Kier alpha value is -3.04. The van der Waals surface area contributed by atoms with Crippen LogP contribution in [0.4, 0.5) is 24.8 Å². The van der Waals surface area contributed by atoms with Gasteiger partial charge < -0.3 is 0 Å². The first-order valence-electron chi connectivity index (χ1n) is 6.15. The molecule has 0 aliphatic carbocycles. The van der Waals surface area contributed by atoms with Gasteiger partial charge in [0.2, 0.25) is 5.95 Å². The lowest BCUT2D eigenvalue weighted by molar-refractivity contribution is -0.385. The van der Waals surface area contributed by atoms with Crippen molar-refractivity contribution in [2.24, 2.45) is 0 Å². The van der Waals surface area contributed by atoms with E-state index in [2.05, 4.69) is 15.3 Å². The normalized spacial score (nSPS) is 11.1. The number of aryl methyl sites for hydroxylation is 1. The highest BCUT2D eigenvalue weighted by Gasteiger charge is 2.34. The van der Waals surface area contributed by atoms with Crippen LogP contribution < -0.4 is 5.32 Å². The number of nitro benzene ring substituents is 1. The Morgan fingerprint density at radius 3 is 2.57 bits per heavy atom. The molecule has 1 aromatic heterocycles. The molecule has 7 nitrogen and oxygen atoms in total. The maximum Gasteiger partial charge on any atom is 0.416 e. The van der Waals surface area contributed by atoms with E-state index in [4.69, 9.17) is 0 Å². The minimum atomic E-state index is -4.75. The van der Waals surface area contributed by atoms with Crippen LogP contribution >= 0.6 is 0 Å². The molecule has 0 fully saturated rings. The van der Waals surface area contributed by atoms with Gasteiger partial charge in [0, 0.05) is 18.0 Å². The highest BCUT2D eigenvalue weighted by atomic mass is 19.4. The van der Waals surface area contributed by atoms with Crippen LogP contribution in [0.5, 0.6) is 0 Å². The minimum absolute atomic E-state index is 0.107. The summed E-state index contributed by atoms with van der Waals surface area (Å²) >= 11 is 0. The number of anilines is 1. The summed E-state index contributed by atoms with van der Waals surface area (Å²) in [5.74, 6) is -1.08. The Bertz CT molecular complexity index is 777. The van der Waals surface area contributed by atoms with Crippen LogP contribution in [0.15, 0.2) is 30.5 Å². The van der Waals surface area contributed by atoms with Crippen LogP contribution in [0.2, 0.25) is 0 Å². The van der Waals surface area contributed by atoms with Gasteiger partial charge in [0.05, 0.1) is 10.5 Å². The second-order valence-corrected chi connectivity index (χ2v) is 4.46. The van der Waals surface area contributed by atoms with Crippen LogP contribution in [-0.2, 0) is 6.18 Å². The van der Waals surface area contributed by atoms with Crippen molar-refractivity contribution in [3.05, 3.63) is 57.4 Å². The fourth-order valence-corrected chi connectivity index (χ4v) is 1.73. The van der Waals surface area contributed by atoms with Crippen molar-refractivity contribution in [3.8, 4) is 0 Å². The SMILES string of the molecule is Cc1ccnc(NC(=O)c2ccc(C(F)(F)F)cc2[N+](=O)[O-])n1. The maximum absolute atomic E-state index is 12.6. The molecule has 120 valence electrons. The molecule has 1 heterocycles. The van der Waals surface area contributed by atoms with Crippen molar-refractivity contribution in [1.29, 1.82) is 0 Å². The predicted octanol–water partition coefficient (Wildman–Crippen LogP) is 2.96. The van der Waals surface area contributed by atoms with Crippen molar-refractivity contribution < 1.29 is 22.9 Å². The molecule has 0 atom stereocenters. The summed E-state index contributed by atoms with van der Waals surface area (Å²) in [4.78, 5) is 29.5. The highest BCUT2D eigenvalue weighted by Crippen LogP contribution is 2.33. The van der Waals surface area contributed by atoms with Crippen molar-refractivity contribution in [1.82, 2.24) is 9.97 Å². The lowest BCUT2D eigenvalue weighted by Gasteiger charge is -2.09. The zero-order valence-electron chi connectivity index (χ0n) is 11.6. The highest BCUT2D eigenvalue weighted by molar-refractivity contribution is 6.06. The molecule has 10 heteroatoms. The number of halogens is 3. The molecule has 0 saturated carbocycles. The maximum atomic E-state index is 12.6. The third-order valence-corrected chi connectivity index (χ3v) is 2.79. The first-order valence-corrected chi connectivity index (χ1v) is 6.15. The minimum Gasteiger partial charge on any atom is -0.290 e. The third kappa shape index (κ3) is 3.78. The second kappa shape index (κ2) is 5.99. The summed E-state index contributed by atoms with van der Waals surface area (Å²) in [6, 6.07) is 3.22. The molecule has 1 amide bonds. The Balaban J connectivity index is 2.38. The van der Waals surface area contributed by atoms with Crippen LogP contribution in [0.25, 0.3) is 0 Å². The van der Waals surface area contributed by atoms with Crippen molar-refractivity contribution >= 4 is 17.5 Å². The number of hydrogen-bond acceptors (Lipinski definition) is 5. The smallest absolute Gasteiger partial charge is 0.290 e. The molecule has 0 saturated heterocycles. The monoisotopic (exact) mass is 326 g/mol. The van der Waals surface area contributed by atoms with Gasteiger partial charge in [-0.1, -0.05) is 0 Å². The molecular formula is C13H9F3N4O3. The number of aromatic nitrogens is 2. The topological polar surface area (TPSA) is 98.0 Å². The van der Waals surface area contributed by atoms with Crippen LogP contribution in [0, 0.1) is 17.0 Å². The molecule has 0 bridgehead atoms. The van der Waals surface area contributed by atoms with Gasteiger partial charge in [-0.15, -0.1) is 0 Å².